The van der Waals surface area contributed by atoms with E-state index in [1.807, 2.05) is 13.0 Å². The van der Waals surface area contributed by atoms with Gasteiger partial charge >= 0.3 is 0 Å². The average Bonchev–Trinajstić information content (AvgIpc) is 2.69. The van der Waals surface area contributed by atoms with E-state index >= 15 is 0 Å². The van der Waals surface area contributed by atoms with Gasteiger partial charge in [0.25, 0.3) is 5.24 Å². The molecule has 1 aromatic rings. The summed E-state index contributed by atoms with van der Waals surface area (Å²) in [5, 5.41) is -0.280. The van der Waals surface area contributed by atoms with Gasteiger partial charge in [0, 0.05) is 13.1 Å². The van der Waals surface area contributed by atoms with Crippen LogP contribution in [0.25, 0.3) is 0 Å². The molecule has 0 N–H and O–H groups in total. The minimum atomic E-state index is -3.54. The van der Waals surface area contributed by atoms with Crippen LogP contribution in [0.3, 0.4) is 0 Å². The molecule has 6 nitrogen and oxygen atoms in total. The van der Waals surface area contributed by atoms with Crippen LogP contribution in [0.15, 0.2) is 29.2 Å². The molecule has 1 aromatic carbocycles. The summed E-state index contributed by atoms with van der Waals surface area (Å²) in [7, 11) is -3.54. The monoisotopic (exact) mass is 326 g/mol. The lowest BCUT2D eigenvalue weighted by Gasteiger charge is -2.41. The third-order valence-corrected chi connectivity index (χ3v) is 6.27. The number of aryl methyl sites for hydroxylation is 1. The molecule has 0 aliphatic carbocycles. The summed E-state index contributed by atoms with van der Waals surface area (Å²) in [6.07, 6.45) is 0. The first-order valence-corrected chi connectivity index (χ1v) is 8.88. The van der Waals surface area contributed by atoms with Crippen LogP contribution in [0, 0.1) is 6.92 Å². The summed E-state index contributed by atoms with van der Waals surface area (Å²) in [4.78, 5) is 24.6. The fraction of sp³-hybridized carbons (Fsp3) is 0.385. The molecule has 3 rings (SSSR count). The SMILES string of the molecule is Cc1cccc(S(=O)(=O)N2CC(N3C(=O)CSC3=O)C2)c1. The van der Waals surface area contributed by atoms with Gasteiger partial charge in [-0.1, -0.05) is 23.9 Å². The lowest BCUT2D eigenvalue weighted by molar-refractivity contribution is -0.127. The Balaban J connectivity index is 1.74. The molecule has 2 aliphatic rings. The van der Waals surface area contributed by atoms with Gasteiger partial charge in [0.2, 0.25) is 15.9 Å². The molecule has 2 fully saturated rings. The van der Waals surface area contributed by atoms with Crippen molar-refractivity contribution >= 4 is 32.9 Å². The van der Waals surface area contributed by atoms with E-state index in [4.69, 9.17) is 0 Å². The van der Waals surface area contributed by atoms with Crippen molar-refractivity contribution in [1.82, 2.24) is 9.21 Å². The summed E-state index contributed by atoms with van der Waals surface area (Å²) in [6, 6.07) is 6.36. The van der Waals surface area contributed by atoms with E-state index in [9.17, 15) is 18.0 Å². The quantitative estimate of drug-likeness (QED) is 0.830. The van der Waals surface area contributed by atoms with Crippen molar-refractivity contribution in [1.29, 1.82) is 0 Å². The summed E-state index contributed by atoms with van der Waals surface area (Å²) in [6.45, 7) is 2.18. The van der Waals surface area contributed by atoms with E-state index < -0.39 is 10.0 Å². The highest BCUT2D eigenvalue weighted by atomic mass is 32.2. The molecule has 2 saturated heterocycles. The number of benzene rings is 1. The van der Waals surface area contributed by atoms with Crippen molar-refractivity contribution in [3.05, 3.63) is 29.8 Å². The van der Waals surface area contributed by atoms with Gasteiger partial charge in [-0.15, -0.1) is 0 Å². The molecule has 0 atom stereocenters. The first-order valence-electron chi connectivity index (χ1n) is 6.45. The fourth-order valence-electron chi connectivity index (χ4n) is 2.42. The second-order valence-corrected chi connectivity index (χ2v) is 7.98. The standard InChI is InChI=1S/C13H14N2O4S2/c1-9-3-2-4-11(5-9)21(18,19)14-6-10(7-14)15-12(16)8-20-13(15)17/h2-5,10H,6-8H2,1H3. The Morgan fingerprint density at radius 2 is 1.95 bits per heavy atom. The molecule has 0 saturated carbocycles. The maximum absolute atomic E-state index is 12.4. The average molecular weight is 326 g/mol. The van der Waals surface area contributed by atoms with Gasteiger partial charge in [-0.2, -0.15) is 4.31 Å². The third kappa shape index (κ3) is 2.47. The number of carbonyl (C=O) groups excluding carboxylic acids is 2. The topological polar surface area (TPSA) is 74.8 Å². The maximum Gasteiger partial charge on any atom is 0.289 e. The van der Waals surface area contributed by atoms with E-state index in [-0.39, 0.29) is 40.9 Å². The highest BCUT2D eigenvalue weighted by molar-refractivity contribution is 8.14. The zero-order valence-corrected chi connectivity index (χ0v) is 13.0. The Hall–Kier alpha value is -1.38. The molecule has 2 amide bonds. The van der Waals surface area contributed by atoms with Gasteiger partial charge in [-0.3, -0.25) is 14.5 Å². The molecule has 21 heavy (non-hydrogen) atoms. The smallest absolute Gasteiger partial charge is 0.273 e. The Morgan fingerprint density at radius 1 is 1.24 bits per heavy atom. The number of hydrogen-bond donors (Lipinski definition) is 0. The fourth-order valence-corrected chi connectivity index (χ4v) is 4.81. The predicted molar refractivity (Wildman–Crippen MR) is 78.4 cm³/mol. The molecule has 0 unspecified atom stereocenters. The highest BCUT2D eigenvalue weighted by Crippen LogP contribution is 2.29. The van der Waals surface area contributed by atoms with E-state index in [1.54, 1.807) is 18.2 Å². The Kier molecular flexibility index (Phi) is 3.54. The molecule has 0 bridgehead atoms. The van der Waals surface area contributed by atoms with Gasteiger partial charge in [0.15, 0.2) is 0 Å². The molecule has 8 heteroatoms. The van der Waals surface area contributed by atoms with Gasteiger partial charge in [-0.05, 0) is 24.6 Å². The van der Waals surface area contributed by atoms with Crippen LogP contribution in [0.5, 0.6) is 0 Å². The molecular formula is C13H14N2O4S2. The van der Waals surface area contributed by atoms with Crippen LogP contribution in [0.2, 0.25) is 0 Å². The summed E-state index contributed by atoms with van der Waals surface area (Å²) in [5.41, 5.74) is 0.870. The second-order valence-electron chi connectivity index (χ2n) is 5.11. The normalized spacial score (nSPS) is 20.9. The minimum Gasteiger partial charge on any atom is -0.273 e. The van der Waals surface area contributed by atoms with Crippen LogP contribution in [0.4, 0.5) is 4.79 Å². The zero-order valence-electron chi connectivity index (χ0n) is 11.4. The van der Waals surface area contributed by atoms with Crippen LogP contribution in [0.1, 0.15) is 5.56 Å². The van der Waals surface area contributed by atoms with Crippen LogP contribution in [-0.2, 0) is 14.8 Å². The second kappa shape index (κ2) is 5.11. The minimum absolute atomic E-state index is 0.153. The largest absolute Gasteiger partial charge is 0.289 e. The number of thioether (sulfide) groups is 1. The number of rotatable bonds is 3. The number of carbonyl (C=O) groups is 2. The van der Waals surface area contributed by atoms with Crippen molar-refractivity contribution < 1.29 is 18.0 Å². The molecule has 2 heterocycles. The van der Waals surface area contributed by atoms with Gasteiger partial charge in [-0.25, -0.2) is 8.42 Å². The van der Waals surface area contributed by atoms with E-state index in [0.29, 0.717) is 0 Å². The Morgan fingerprint density at radius 3 is 2.52 bits per heavy atom. The zero-order chi connectivity index (χ0) is 15.2. The van der Waals surface area contributed by atoms with Crippen molar-refractivity contribution in [2.75, 3.05) is 18.8 Å². The first kappa shape index (κ1) is 14.6. The van der Waals surface area contributed by atoms with Crippen LogP contribution >= 0.6 is 11.8 Å². The van der Waals surface area contributed by atoms with Gasteiger partial charge < -0.3 is 0 Å². The number of imide groups is 1. The maximum atomic E-state index is 12.4. The van der Waals surface area contributed by atoms with Crippen molar-refractivity contribution in [2.45, 2.75) is 17.9 Å². The third-order valence-electron chi connectivity index (χ3n) is 3.61. The predicted octanol–water partition coefficient (Wildman–Crippen LogP) is 1.06. The number of hydrogen-bond acceptors (Lipinski definition) is 5. The summed E-state index contributed by atoms with van der Waals surface area (Å²) >= 11 is 0.968. The summed E-state index contributed by atoms with van der Waals surface area (Å²) in [5.74, 6) is -0.0810. The lowest BCUT2D eigenvalue weighted by Crippen LogP contribution is -2.61. The van der Waals surface area contributed by atoms with E-state index in [2.05, 4.69) is 0 Å². The molecule has 0 spiro atoms. The first-order chi connectivity index (χ1) is 9.89. The Bertz CT molecular complexity index is 695. The summed E-state index contributed by atoms with van der Waals surface area (Å²) < 4.78 is 26.1. The van der Waals surface area contributed by atoms with Gasteiger partial charge in [0.05, 0.1) is 16.7 Å². The number of amides is 2. The van der Waals surface area contributed by atoms with Crippen molar-refractivity contribution in [2.24, 2.45) is 0 Å². The molecule has 0 radical (unpaired) electrons. The Labute approximate surface area is 127 Å². The van der Waals surface area contributed by atoms with Crippen molar-refractivity contribution in [3.8, 4) is 0 Å². The van der Waals surface area contributed by atoms with Gasteiger partial charge in [0.1, 0.15) is 0 Å². The van der Waals surface area contributed by atoms with Crippen LogP contribution < -0.4 is 0 Å². The molecule has 0 aromatic heterocycles. The van der Waals surface area contributed by atoms with Crippen LogP contribution in [-0.4, -0.2) is 53.7 Å². The molecule has 2 aliphatic heterocycles. The van der Waals surface area contributed by atoms with E-state index in [0.717, 1.165) is 17.3 Å². The molecule has 112 valence electrons. The highest BCUT2D eigenvalue weighted by Gasteiger charge is 2.45. The van der Waals surface area contributed by atoms with Crippen molar-refractivity contribution in [3.63, 3.8) is 0 Å². The lowest BCUT2D eigenvalue weighted by atomic mass is 10.1. The number of sulfonamides is 1. The number of nitrogens with zero attached hydrogens (tertiary/aromatic N) is 2. The molecular weight excluding hydrogens is 312 g/mol. The van der Waals surface area contributed by atoms with E-state index in [1.165, 1.54) is 9.21 Å².